The molecule has 5 aliphatic rings. The molecule has 5 fully saturated rings. The van der Waals surface area contributed by atoms with Crippen molar-refractivity contribution >= 4 is 11.9 Å². The lowest BCUT2D eigenvalue weighted by molar-refractivity contribution is -0.215. The van der Waals surface area contributed by atoms with Crippen molar-refractivity contribution in [2.45, 2.75) is 149 Å². The van der Waals surface area contributed by atoms with E-state index in [0.29, 0.717) is 29.2 Å². The fourth-order valence-corrected chi connectivity index (χ4v) is 11.1. The molecule has 0 aromatic heterocycles. The number of carbonyl (C=O) groups excluding carboxylic acids is 2. The highest BCUT2D eigenvalue weighted by atomic mass is 16.6. The molecular weight excluding hydrogens is 532 g/mol. The summed E-state index contributed by atoms with van der Waals surface area (Å²) in [5.74, 6) is 0.586. The zero-order chi connectivity index (χ0) is 30.9. The van der Waals surface area contributed by atoms with E-state index < -0.39 is 11.7 Å². The summed E-state index contributed by atoms with van der Waals surface area (Å²) in [4.78, 5) is 24.2. The van der Waals surface area contributed by atoms with Crippen LogP contribution in [0.25, 0.3) is 0 Å². The van der Waals surface area contributed by atoms with Crippen molar-refractivity contribution in [3.05, 3.63) is 0 Å². The third kappa shape index (κ3) is 5.14. The van der Waals surface area contributed by atoms with Crippen LogP contribution in [0.5, 0.6) is 0 Å². The fraction of sp³-hybridized carbons (Fsp3) is 0.941. The van der Waals surface area contributed by atoms with Gasteiger partial charge in [0.05, 0.1) is 24.4 Å². The fourth-order valence-electron chi connectivity index (χ4n) is 11.1. The molecule has 0 aromatic rings. The second-order valence-corrected chi connectivity index (χ2v) is 16.3. The minimum absolute atomic E-state index is 0.0189. The second kappa shape index (κ2) is 11.0. The Morgan fingerprint density at radius 2 is 1.83 bits per heavy atom. The van der Waals surface area contributed by atoms with E-state index in [0.717, 1.165) is 45.1 Å². The van der Waals surface area contributed by atoms with Gasteiger partial charge in [0.2, 0.25) is 0 Å². The Labute approximate surface area is 253 Å². The monoisotopic (exact) mass is 590 g/mol. The highest BCUT2D eigenvalue weighted by Crippen LogP contribution is 2.82. The van der Waals surface area contributed by atoms with Crippen LogP contribution in [0.2, 0.25) is 0 Å². The van der Waals surface area contributed by atoms with E-state index >= 15 is 0 Å². The molecule has 5 rings (SSSR count). The molecule has 3 aliphatic carbocycles. The van der Waals surface area contributed by atoms with Crippen molar-refractivity contribution in [3.63, 3.8) is 0 Å². The number of fused-ring (bicyclic) bond motifs is 1. The molecule has 0 radical (unpaired) electrons. The molecule has 42 heavy (non-hydrogen) atoms. The van der Waals surface area contributed by atoms with Crippen molar-refractivity contribution in [2.24, 2.45) is 45.1 Å². The molecule has 3 saturated carbocycles. The quantitative estimate of drug-likeness (QED) is 0.380. The van der Waals surface area contributed by atoms with Gasteiger partial charge in [0.25, 0.3) is 0 Å². The topological polar surface area (TPSA) is 120 Å². The summed E-state index contributed by atoms with van der Waals surface area (Å²) < 4.78 is 18.5. The Bertz CT molecular complexity index is 1040. The maximum absolute atomic E-state index is 12.2. The van der Waals surface area contributed by atoms with Gasteiger partial charge in [-0.1, -0.05) is 41.0 Å². The molecule has 11 atom stereocenters. The molecule has 8 nitrogen and oxygen atoms in total. The van der Waals surface area contributed by atoms with Crippen LogP contribution in [-0.4, -0.2) is 66.2 Å². The molecular formula is C34H58N2O6. The second-order valence-electron chi connectivity index (χ2n) is 16.3. The molecule has 2 saturated heterocycles. The molecule has 0 bridgehead atoms. The van der Waals surface area contributed by atoms with Crippen LogP contribution in [0.15, 0.2) is 0 Å². The normalized spacial score (nSPS) is 45.3. The number of hydrogen-bond acceptors (Lipinski definition) is 8. The molecule has 8 heteroatoms. The third-order valence-electron chi connectivity index (χ3n) is 13.2. The average Bonchev–Trinajstić information content (AvgIpc) is 3.57. The molecule has 2 spiro atoms. The van der Waals surface area contributed by atoms with E-state index in [2.05, 4.69) is 39.9 Å². The number of ether oxygens (including phenoxy) is 3. The number of nitrogens with one attached hydrogen (secondary N) is 1. The number of esters is 2. The van der Waals surface area contributed by atoms with E-state index in [1.54, 1.807) is 13.8 Å². The summed E-state index contributed by atoms with van der Waals surface area (Å²) in [6, 6.07) is 0.436. The SMILES string of the molecule is CC[C@]1(C)CC[C@@]23C[C@@]24CC[C@H](OC(=O)CN)C(C)(C)C4CC[C@H]3NCC2OC([C@H](OC(C)=O)C(C)(C)O)C[C@@H](C)C21. The summed E-state index contributed by atoms with van der Waals surface area (Å²) in [5, 5.41) is 15.1. The zero-order valence-corrected chi connectivity index (χ0v) is 27.5. The number of aliphatic hydroxyl groups is 1. The summed E-state index contributed by atoms with van der Waals surface area (Å²) in [6.07, 6.45) is 8.62. The van der Waals surface area contributed by atoms with Gasteiger partial charge < -0.3 is 30.4 Å². The third-order valence-corrected chi connectivity index (χ3v) is 13.2. The first-order valence-electron chi connectivity index (χ1n) is 16.7. The molecule has 2 aliphatic heterocycles. The van der Waals surface area contributed by atoms with E-state index in [9.17, 15) is 14.7 Å². The van der Waals surface area contributed by atoms with Crippen molar-refractivity contribution in [3.8, 4) is 0 Å². The Balaban J connectivity index is 1.42. The van der Waals surface area contributed by atoms with Gasteiger partial charge in [-0.3, -0.25) is 9.59 Å². The van der Waals surface area contributed by atoms with Gasteiger partial charge in [-0.05, 0) is 99.2 Å². The first-order chi connectivity index (χ1) is 19.5. The van der Waals surface area contributed by atoms with E-state index in [1.165, 1.54) is 26.2 Å². The number of rotatable bonds is 6. The Morgan fingerprint density at radius 3 is 2.45 bits per heavy atom. The maximum Gasteiger partial charge on any atom is 0.319 e. The van der Waals surface area contributed by atoms with Crippen molar-refractivity contribution in [2.75, 3.05) is 13.1 Å². The molecule has 0 amide bonds. The van der Waals surface area contributed by atoms with Crippen LogP contribution in [0, 0.1) is 39.4 Å². The summed E-state index contributed by atoms with van der Waals surface area (Å²) in [5.41, 5.74) is 5.01. The van der Waals surface area contributed by atoms with E-state index in [4.69, 9.17) is 19.9 Å². The summed E-state index contributed by atoms with van der Waals surface area (Å²) >= 11 is 0. The maximum atomic E-state index is 12.2. The first-order valence-corrected chi connectivity index (χ1v) is 16.7. The molecule has 0 aromatic carbocycles. The average molecular weight is 591 g/mol. The molecule has 240 valence electrons. The van der Waals surface area contributed by atoms with Crippen LogP contribution in [-0.2, 0) is 23.8 Å². The highest BCUT2D eigenvalue weighted by molar-refractivity contribution is 5.71. The van der Waals surface area contributed by atoms with Crippen LogP contribution in [0.1, 0.15) is 113 Å². The van der Waals surface area contributed by atoms with Gasteiger partial charge in [0, 0.05) is 24.9 Å². The Hall–Kier alpha value is -1.22. The predicted molar refractivity (Wildman–Crippen MR) is 161 cm³/mol. The van der Waals surface area contributed by atoms with Crippen LogP contribution < -0.4 is 11.1 Å². The van der Waals surface area contributed by atoms with Crippen molar-refractivity contribution in [1.82, 2.24) is 5.32 Å². The minimum Gasteiger partial charge on any atom is -0.461 e. The number of hydrogen-bond donors (Lipinski definition) is 3. The summed E-state index contributed by atoms with van der Waals surface area (Å²) in [7, 11) is 0. The standard InChI is InChI=1S/C34H58N2O6/c1-9-32(8)14-15-34-19-33(34)13-12-26(42-27(38)17-35)30(4,5)24(33)10-11-25(34)36-18-23-28(32)20(2)16-22(41-23)29(31(6,7)39)40-21(3)37/h20,22-26,28-29,36,39H,9-19,35H2,1-8H3/t20-,22?,23?,24?,25-,26+,28?,29+,32-,33-,34+/m1/s1. The zero-order valence-electron chi connectivity index (χ0n) is 27.5. The lowest BCUT2D eigenvalue weighted by atomic mass is 9.52. The van der Waals surface area contributed by atoms with Gasteiger partial charge in [-0.25, -0.2) is 0 Å². The van der Waals surface area contributed by atoms with Gasteiger partial charge >= 0.3 is 11.9 Å². The lowest BCUT2D eigenvalue weighted by Crippen LogP contribution is -2.58. The molecule has 2 heterocycles. The smallest absolute Gasteiger partial charge is 0.319 e. The van der Waals surface area contributed by atoms with Crippen LogP contribution in [0.3, 0.4) is 0 Å². The van der Waals surface area contributed by atoms with Crippen LogP contribution in [0.4, 0.5) is 0 Å². The molecule has 4 unspecified atom stereocenters. The Kier molecular flexibility index (Phi) is 8.42. The highest BCUT2D eigenvalue weighted by Gasteiger charge is 2.77. The Morgan fingerprint density at radius 1 is 1.12 bits per heavy atom. The van der Waals surface area contributed by atoms with Gasteiger partial charge in [0.1, 0.15) is 6.10 Å². The summed E-state index contributed by atoms with van der Waals surface area (Å²) in [6.45, 7) is 17.3. The largest absolute Gasteiger partial charge is 0.461 e. The van der Waals surface area contributed by atoms with E-state index in [-0.39, 0.29) is 53.0 Å². The lowest BCUT2D eigenvalue weighted by Gasteiger charge is -2.55. The van der Waals surface area contributed by atoms with Crippen molar-refractivity contribution in [1.29, 1.82) is 0 Å². The van der Waals surface area contributed by atoms with Crippen LogP contribution >= 0.6 is 0 Å². The number of nitrogens with two attached hydrogens (primary N) is 1. The van der Waals surface area contributed by atoms with Gasteiger partial charge in [-0.2, -0.15) is 0 Å². The van der Waals surface area contributed by atoms with Crippen molar-refractivity contribution < 1.29 is 28.9 Å². The minimum atomic E-state index is -1.20. The van der Waals surface area contributed by atoms with E-state index in [1.807, 2.05) is 0 Å². The van der Waals surface area contributed by atoms with Gasteiger partial charge in [-0.15, -0.1) is 0 Å². The number of carbonyl (C=O) groups is 2. The molecule has 4 N–H and O–H groups in total. The first kappa shape index (κ1) is 32.2. The predicted octanol–water partition coefficient (Wildman–Crippen LogP) is 4.74. The van der Waals surface area contributed by atoms with Gasteiger partial charge in [0.15, 0.2) is 6.10 Å².